The molecule has 0 atom stereocenters. The van der Waals surface area contributed by atoms with Crippen molar-refractivity contribution in [1.29, 1.82) is 0 Å². The first-order valence-electron chi connectivity index (χ1n) is 11.2. The molecule has 7 heteroatoms. The fraction of sp³-hybridized carbons (Fsp3) is 0.192. The third-order valence-corrected chi connectivity index (χ3v) is 8.15. The van der Waals surface area contributed by atoms with Gasteiger partial charge in [-0.05, 0) is 46.3 Å². The molecule has 2 N–H and O–H groups in total. The number of hydrogen-bond acceptors (Lipinski definition) is 4. The Morgan fingerprint density at radius 2 is 1.76 bits per heavy atom. The average Bonchev–Trinajstić information content (AvgIpc) is 3.48. The van der Waals surface area contributed by atoms with Gasteiger partial charge in [-0.2, -0.15) is 0 Å². The number of nitrogens with one attached hydrogen (secondary N) is 2. The van der Waals surface area contributed by atoms with E-state index in [4.69, 9.17) is 4.98 Å². The number of aromatic amines is 1. The largest absolute Gasteiger partial charge is 0.361 e. The predicted molar refractivity (Wildman–Crippen MR) is 148 cm³/mol. The van der Waals surface area contributed by atoms with Crippen LogP contribution in [0.4, 0.5) is 0 Å². The van der Waals surface area contributed by atoms with Crippen LogP contribution in [-0.4, -0.2) is 45.0 Å². The Hall–Kier alpha value is -2.33. The van der Waals surface area contributed by atoms with Crippen LogP contribution in [0.5, 0.6) is 0 Å². The fourth-order valence-electron chi connectivity index (χ4n) is 4.67. The topological polar surface area (TPSA) is 48.9 Å². The van der Waals surface area contributed by atoms with Gasteiger partial charge in [0, 0.05) is 104 Å². The van der Waals surface area contributed by atoms with Gasteiger partial charge < -0.3 is 10.3 Å². The number of halogens is 1. The minimum atomic E-state index is 0.998. The smallest absolute Gasteiger partial charge is 0.151 e. The molecule has 1 fully saturated rings. The molecule has 3 aromatic heterocycles. The summed E-state index contributed by atoms with van der Waals surface area (Å²) >= 11 is 2.32. The van der Waals surface area contributed by atoms with Crippen molar-refractivity contribution in [3.8, 4) is 22.3 Å². The molecule has 6 rings (SSSR count). The maximum absolute atomic E-state index is 4.86. The molecule has 0 unspecified atom stereocenters. The summed E-state index contributed by atoms with van der Waals surface area (Å²) in [6, 6.07) is 20.0. The zero-order valence-corrected chi connectivity index (χ0v) is 21.1. The predicted octanol–water partition coefficient (Wildman–Crippen LogP) is 6.10. The van der Waals surface area contributed by atoms with Crippen molar-refractivity contribution in [2.75, 3.05) is 26.2 Å². The summed E-state index contributed by atoms with van der Waals surface area (Å²) in [5.74, 6) is 0. The first-order valence-corrected chi connectivity index (χ1v) is 14.5. The van der Waals surface area contributed by atoms with Crippen molar-refractivity contribution in [2.24, 2.45) is 0 Å². The lowest BCUT2D eigenvalue weighted by Gasteiger charge is -2.27. The maximum Gasteiger partial charge on any atom is 0.151 e. The SMILES string of the molecule is ISn1cc(-c2ccc3[nH]ccc3c2)c2cc(-c3ccc(CN4CCNCC4)cc3)cnc21. The van der Waals surface area contributed by atoms with E-state index in [-0.39, 0.29) is 0 Å². The third kappa shape index (κ3) is 4.19. The number of piperazine rings is 1. The van der Waals surface area contributed by atoms with Gasteiger partial charge in [-0.3, -0.25) is 8.87 Å². The number of rotatable bonds is 5. The summed E-state index contributed by atoms with van der Waals surface area (Å²) in [5.41, 5.74) is 8.29. The van der Waals surface area contributed by atoms with Crippen LogP contribution in [0.3, 0.4) is 0 Å². The Bertz CT molecular complexity index is 1420. The van der Waals surface area contributed by atoms with Gasteiger partial charge in [0.1, 0.15) is 0 Å². The molecule has 5 nitrogen and oxygen atoms in total. The van der Waals surface area contributed by atoms with E-state index in [1.807, 2.05) is 12.4 Å². The quantitative estimate of drug-likeness (QED) is 0.253. The number of H-pyrrole nitrogens is 1. The molecule has 1 saturated heterocycles. The summed E-state index contributed by atoms with van der Waals surface area (Å²) < 4.78 is 2.15. The molecule has 166 valence electrons. The number of pyridine rings is 1. The van der Waals surface area contributed by atoms with E-state index in [1.54, 1.807) is 9.12 Å². The Morgan fingerprint density at radius 1 is 0.939 bits per heavy atom. The van der Waals surface area contributed by atoms with E-state index in [9.17, 15) is 0 Å². The molecule has 1 aliphatic heterocycles. The highest BCUT2D eigenvalue weighted by molar-refractivity contribution is 14.2. The Morgan fingerprint density at radius 3 is 2.58 bits per heavy atom. The second kappa shape index (κ2) is 9.13. The van der Waals surface area contributed by atoms with E-state index in [1.165, 1.54) is 33.0 Å². The molecule has 0 radical (unpaired) electrons. The molecule has 33 heavy (non-hydrogen) atoms. The molecule has 4 heterocycles. The molecular weight excluding hydrogens is 541 g/mol. The second-order valence-corrected chi connectivity index (χ2v) is 10.2. The van der Waals surface area contributed by atoms with Crippen molar-refractivity contribution in [3.05, 3.63) is 78.8 Å². The van der Waals surface area contributed by atoms with Gasteiger partial charge in [-0.1, -0.05) is 30.3 Å². The van der Waals surface area contributed by atoms with Gasteiger partial charge in [0.15, 0.2) is 5.65 Å². The average molecular weight is 565 g/mol. The molecule has 0 amide bonds. The summed E-state index contributed by atoms with van der Waals surface area (Å²) in [6.45, 7) is 5.41. The van der Waals surface area contributed by atoms with E-state index in [0.717, 1.165) is 49.5 Å². The standard InChI is InChI=1S/C26H24IN5S/c27-33-32-17-24(20-5-6-25-21(13-20)7-8-29-25)23-14-22(15-30-26(23)32)19-3-1-18(2-4-19)16-31-11-9-28-10-12-31/h1-8,13-15,17,28-29H,9-12,16H2. The highest BCUT2D eigenvalue weighted by atomic mass is 127. The van der Waals surface area contributed by atoms with Crippen LogP contribution in [0.1, 0.15) is 5.56 Å². The summed E-state index contributed by atoms with van der Waals surface area (Å²) in [7, 11) is 1.65. The van der Waals surface area contributed by atoms with Crippen LogP contribution >= 0.6 is 30.3 Å². The normalized spacial score (nSPS) is 14.9. The first-order chi connectivity index (χ1) is 16.3. The van der Waals surface area contributed by atoms with Crippen LogP contribution in [0.2, 0.25) is 0 Å². The number of benzene rings is 2. The van der Waals surface area contributed by atoms with Gasteiger partial charge in [0.05, 0.1) is 0 Å². The molecule has 1 aliphatic rings. The second-order valence-electron chi connectivity index (χ2n) is 8.54. The van der Waals surface area contributed by atoms with Gasteiger partial charge in [-0.25, -0.2) is 4.98 Å². The lowest BCUT2D eigenvalue weighted by Crippen LogP contribution is -2.42. The summed E-state index contributed by atoms with van der Waals surface area (Å²) in [6.07, 6.45) is 6.18. The zero-order chi connectivity index (χ0) is 22.2. The Kier molecular flexibility index (Phi) is 5.87. The lowest BCUT2D eigenvalue weighted by molar-refractivity contribution is 0.233. The highest BCUT2D eigenvalue weighted by Crippen LogP contribution is 2.36. The fourth-order valence-corrected chi connectivity index (χ4v) is 5.93. The van der Waals surface area contributed by atoms with Crippen LogP contribution < -0.4 is 5.32 Å². The van der Waals surface area contributed by atoms with Gasteiger partial charge in [-0.15, -0.1) is 0 Å². The minimum Gasteiger partial charge on any atom is -0.361 e. The van der Waals surface area contributed by atoms with Crippen LogP contribution in [0, 0.1) is 0 Å². The summed E-state index contributed by atoms with van der Waals surface area (Å²) in [4.78, 5) is 10.7. The third-order valence-electron chi connectivity index (χ3n) is 6.45. The number of nitrogens with zero attached hydrogens (tertiary/aromatic N) is 3. The minimum absolute atomic E-state index is 0.998. The molecule has 0 saturated carbocycles. The van der Waals surface area contributed by atoms with Gasteiger partial charge in [0.25, 0.3) is 0 Å². The molecular formula is C26H24IN5S. The zero-order valence-electron chi connectivity index (χ0n) is 18.1. The van der Waals surface area contributed by atoms with Crippen molar-refractivity contribution in [1.82, 2.24) is 24.2 Å². The highest BCUT2D eigenvalue weighted by Gasteiger charge is 2.14. The van der Waals surface area contributed by atoms with Crippen molar-refractivity contribution in [2.45, 2.75) is 6.54 Å². The van der Waals surface area contributed by atoms with E-state index < -0.39 is 0 Å². The summed E-state index contributed by atoms with van der Waals surface area (Å²) in [5, 5.41) is 5.82. The van der Waals surface area contributed by atoms with Crippen LogP contribution in [0.15, 0.2) is 73.2 Å². The lowest BCUT2D eigenvalue weighted by atomic mass is 10.0. The Balaban J connectivity index is 1.36. The molecule has 0 spiro atoms. The molecule has 2 aromatic carbocycles. The number of fused-ring (bicyclic) bond motifs is 2. The molecule has 5 aromatic rings. The monoisotopic (exact) mass is 565 g/mol. The number of aromatic nitrogens is 3. The van der Waals surface area contributed by atoms with E-state index in [0.29, 0.717) is 0 Å². The first kappa shape index (κ1) is 21.2. The maximum atomic E-state index is 4.86. The van der Waals surface area contributed by atoms with Gasteiger partial charge >= 0.3 is 0 Å². The molecule has 0 bridgehead atoms. The van der Waals surface area contributed by atoms with Crippen molar-refractivity contribution < 1.29 is 0 Å². The number of hydrogen-bond donors (Lipinski definition) is 2. The van der Waals surface area contributed by atoms with Gasteiger partial charge in [0.2, 0.25) is 0 Å². The Labute approximate surface area is 209 Å². The van der Waals surface area contributed by atoms with E-state index in [2.05, 4.69) is 101 Å². The van der Waals surface area contributed by atoms with E-state index >= 15 is 0 Å². The van der Waals surface area contributed by atoms with Crippen LogP contribution in [0.25, 0.3) is 44.2 Å². The van der Waals surface area contributed by atoms with Crippen LogP contribution in [-0.2, 0) is 6.54 Å². The molecule has 0 aliphatic carbocycles. The van der Waals surface area contributed by atoms with Crippen molar-refractivity contribution >= 4 is 52.3 Å². The van der Waals surface area contributed by atoms with Crippen molar-refractivity contribution in [3.63, 3.8) is 0 Å².